The molecule has 0 saturated carbocycles. The third kappa shape index (κ3) is 4.72. The highest BCUT2D eigenvalue weighted by molar-refractivity contribution is 6.05. The SMILES string of the molecule is CCCCCn1nc(C(=O)N[C@H](C(=O)O)[C@@H](C)CC)c2ccccc2c1=O. The first-order valence-electron chi connectivity index (χ1n) is 9.44. The number of carboxylic acid groups (broad SMARTS) is 1. The highest BCUT2D eigenvalue weighted by Gasteiger charge is 2.27. The number of rotatable bonds is 9. The second-order valence-corrected chi connectivity index (χ2v) is 6.80. The minimum absolute atomic E-state index is 0.0799. The van der Waals surface area contributed by atoms with E-state index in [1.165, 1.54) is 4.68 Å². The molecule has 146 valence electrons. The Balaban J connectivity index is 2.46. The third-order valence-electron chi connectivity index (χ3n) is 4.82. The molecule has 7 heteroatoms. The standard InChI is InChI=1S/C20H27N3O4/c1-4-6-9-12-23-19(25)15-11-8-7-10-14(15)17(22-23)18(24)21-16(20(26)27)13(3)5-2/h7-8,10-11,13,16H,4-6,9,12H2,1-3H3,(H,21,24)(H,26,27)/t13-,16-/m0/s1. The van der Waals surface area contributed by atoms with Gasteiger partial charge >= 0.3 is 5.97 Å². The Bertz CT molecular complexity index is 875. The summed E-state index contributed by atoms with van der Waals surface area (Å²) in [6.45, 7) is 6.13. The summed E-state index contributed by atoms with van der Waals surface area (Å²) in [6, 6.07) is 5.78. The molecule has 0 spiro atoms. The van der Waals surface area contributed by atoms with Gasteiger partial charge in [0.2, 0.25) is 0 Å². The van der Waals surface area contributed by atoms with E-state index in [0.717, 1.165) is 19.3 Å². The molecule has 1 amide bonds. The van der Waals surface area contributed by atoms with Crippen LogP contribution in [0.3, 0.4) is 0 Å². The van der Waals surface area contributed by atoms with E-state index >= 15 is 0 Å². The molecule has 0 fully saturated rings. The predicted octanol–water partition coefficient (Wildman–Crippen LogP) is 2.82. The molecule has 1 heterocycles. The average molecular weight is 373 g/mol. The van der Waals surface area contributed by atoms with Gasteiger partial charge in [-0.3, -0.25) is 9.59 Å². The molecule has 0 unspecified atom stereocenters. The lowest BCUT2D eigenvalue weighted by Crippen LogP contribution is -2.45. The van der Waals surface area contributed by atoms with E-state index in [1.807, 2.05) is 6.92 Å². The second-order valence-electron chi connectivity index (χ2n) is 6.80. The lowest BCUT2D eigenvalue weighted by Gasteiger charge is -2.20. The zero-order chi connectivity index (χ0) is 20.0. The number of carbonyl (C=O) groups excluding carboxylic acids is 1. The lowest BCUT2D eigenvalue weighted by molar-refractivity contribution is -0.140. The van der Waals surface area contributed by atoms with E-state index < -0.39 is 17.9 Å². The van der Waals surface area contributed by atoms with Crippen LogP contribution in [0.4, 0.5) is 0 Å². The number of benzene rings is 1. The molecule has 1 aromatic heterocycles. The van der Waals surface area contributed by atoms with Crippen molar-refractivity contribution >= 4 is 22.6 Å². The summed E-state index contributed by atoms with van der Waals surface area (Å²) in [4.78, 5) is 37.0. The van der Waals surface area contributed by atoms with Crippen LogP contribution in [-0.4, -0.2) is 32.8 Å². The topological polar surface area (TPSA) is 101 Å². The minimum atomic E-state index is -1.08. The first-order valence-corrected chi connectivity index (χ1v) is 9.44. The van der Waals surface area contributed by atoms with Gasteiger partial charge in [-0.05, 0) is 18.4 Å². The van der Waals surface area contributed by atoms with Crippen molar-refractivity contribution in [1.29, 1.82) is 0 Å². The molecule has 0 aliphatic heterocycles. The van der Waals surface area contributed by atoms with E-state index in [2.05, 4.69) is 17.3 Å². The number of carbonyl (C=O) groups is 2. The summed E-state index contributed by atoms with van der Waals surface area (Å²) in [5.74, 6) is -1.89. The molecule has 1 aromatic carbocycles. The van der Waals surface area contributed by atoms with Crippen molar-refractivity contribution in [3.63, 3.8) is 0 Å². The number of hydrogen-bond acceptors (Lipinski definition) is 4. The van der Waals surface area contributed by atoms with Crippen molar-refractivity contribution in [2.75, 3.05) is 0 Å². The Morgan fingerprint density at radius 1 is 1.19 bits per heavy atom. The summed E-state index contributed by atoms with van der Waals surface area (Å²) in [5.41, 5.74) is -0.161. The summed E-state index contributed by atoms with van der Waals surface area (Å²) < 4.78 is 1.31. The second kappa shape index (κ2) is 9.30. The highest BCUT2D eigenvalue weighted by Crippen LogP contribution is 2.15. The molecule has 2 atom stereocenters. The molecular weight excluding hydrogens is 346 g/mol. The van der Waals surface area contributed by atoms with Crippen LogP contribution in [-0.2, 0) is 11.3 Å². The number of fused-ring (bicyclic) bond motifs is 1. The maximum Gasteiger partial charge on any atom is 0.326 e. The molecule has 2 aromatic rings. The quantitative estimate of drug-likeness (QED) is 0.658. The van der Waals surface area contributed by atoms with E-state index in [9.17, 15) is 19.5 Å². The third-order valence-corrected chi connectivity index (χ3v) is 4.82. The molecule has 7 nitrogen and oxygen atoms in total. The van der Waals surface area contributed by atoms with Crippen molar-refractivity contribution in [1.82, 2.24) is 15.1 Å². The maximum atomic E-state index is 12.8. The van der Waals surface area contributed by atoms with Gasteiger partial charge in [0.25, 0.3) is 11.5 Å². The zero-order valence-electron chi connectivity index (χ0n) is 16.1. The average Bonchev–Trinajstić information content (AvgIpc) is 2.67. The molecule has 0 aliphatic carbocycles. The van der Waals surface area contributed by atoms with Gasteiger partial charge < -0.3 is 10.4 Å². The van der Waals surface area contributed by atoms with E-state index in [-0.39, 0.29) is 17.2 Å². The first-order chi connectivity index (χ1) is 12.9. The summed E-state index contributed by atoms with van der Waals surface area (Å²) >= 11 is 0. The Hall–Kier alpha value is -2.70. The fourth-order valence-corrected chi connectivity index (χ4v) is 2.96. The summed E-state index contributed by atoms with van der Waals surface area (Å²) in [7, 11) is 0. The molecule has 2 N–H and O–H groups in total. The van der Waals surface area contributed by atoms with Gasteiger partial charge in [0.15, 0.2) is 5.69 Å². The normalized spacial score (nSPS) is 13.3. The molecule has 2 rings (SSSR count). The highest BCUT2D eigenvalue weighted by atomic mass is 16.4. The van der Waals surface area contributed by atoms with E-state index in [4.69, 9.17) is 0 Å². The molecule has 0 aliphatic rings. The fourth-order valence-electron chi connectivity index (χ4n) is 2.96. The molecule has 0 saturated heterocycles. The van der Waals surface area contributed by atoms with Crippen LogP contribution in [0.1, 0.15) is 56.9 Å². The number of aliphatic carboxylic acids is 1. The Morgan fingerprint density at radius 3 is 2.44 bits per heavy atom. The van der Waals surface area contributed by atoms with E-state index in [1.54, 1.807) is 31.2 Å². The van der Waals surface area contributed by atoms with Crippen molar-refractivity contribution in [2.24, 2.45) is 5.92 Å². The van der Waals surface area contributed by atoms with Crippen LogP contribution in [0.15, 0.2) is 29.1 Å². The smallest absolute Gasteiger partial charge is 0.326 e. The van der Waals surface area contributed by atoms with Crippen molar-refractivity contribution in [3.8, 4) is 0 Å². The fraction of sp³-hybridized carbons (Fsp3) is 0.500. The van der Waals surface area contributed by atoms with Gasteiger partial charge in [-0.2, -0.15) is 5.10 Å². The molecular formula is C20H27N3O4. The van der Waals surface area contributed by atoms with Crippen LogP contribution in [0.25, 0.3) is 10.8 Å². The number of nitrogens with one attached hydrogen (secondary N) is 1. The summed E-state index contributed by atoms with van der Waals surface area (Å²) in [6.07, 6.45) is 3.36. The van der Waals surface area contributed by atoms with Crippen LogP contribution in [0.5, 0.6) is 0 Å². The molecule has 27 heavy (non-hydrogen) atoms. The number of carboxylic acids is 1. The van der Waals surface area contributed by atoms with Gasteiger partial charge in [-0.15, -0.1) is 0 Å². The van der Waals surface area contributed by atoms with Crippen LogP contribution in [0, 0.1) is 5.92 Å². The Labute approximate surface area is 158 Å². The number of aromatic nitrogens is 2. The Morgan fingerprint density at radius 2 is 1.85 bits per heavy atom. The first kappa shape index (κ1) is 20.6. The van der Waals surface area contributed by atoms with Crippen molar-refractivity contribution < 1.29 is 14.7 Å². The molecule has 0 radical (unpaired) electrons. The minimum Gasteiger partial charge on any atom is -0.480 e. The number of hydrogen-bond donors (Lipinski definition) is 2. The van der Waals surface area contributed by atoms with Crippen molar-refractivity contribution in [2.45, 2.75) is 59.0 Å². The van der Waals surface area contributed by atoms with Gasteiger partial charge in [0.05, 0.1) is 5.39 Å². The predicted molar refractivity (Wildman–Crippen MR) is 104 cm³/mol. The number of nitrogens with zero attached hydrogens (tertiary/aromatic N) is 2. The van der Waals surface area contributed by atoms with Crippen LogP contribution >= 0.6 is 0 Å². The summed E-state index contributed by atoms with van der Waals surface area (Å²) in [5, 5.41) is 17.1. The maximum absolute atomic E-state index is 12.8. The number of amides is 1. The van der Waals surface area contributed by atoms with Gasteiger partial charge in [-0.25, -0.2) is 9.48 Å². The Kier molecular flexibility index (Phi) is 7.10. The van der Waals surface area contributed by atoms with Gasteiger partial charge in [0, 0.05) is 11.9 Å². The van der Waals surface area contributed by atoms with Gasteiger partial charge in [-0.1, -0.05) is 58.2 Å². The largest absolute Gasteiger partial charge is 0.480 e. The monoisotopic (exact) mass is 373 g/mol. The van der Waals surface area contributed by atoms with Crippen molar-refractivity contribution in [3.05, 3.63) is 40.3 Å². The van der Waals surface area contributed by atoms with Crippen LogP contribution < -0.4 is 10.9 Å². The zero-order valence-corrected chi connectivity index (χ0v) is 16.1. The lowest BCUT2D eigenvalue weighted by atomic mass is 9.99. The van der Waals surface area contributed by atoms with Gasteiger partial charge in [0.1, 0.15) is 6.04 Å². The number of aryl methyl sites for hydroxylation is 1. The molecule has 0 bridgehead atoms. The number of unbranched alkanes of at least 4 members (excludes halogenated alkanes) is 2. The van der Waals surface area contributed by atoms with E-state index in [0.29, 0.717) is 23.7 Å². The van der Waals surface area contributed by atoms with Crippen LogP contribution in [0.2, 0.25) is 0 Å².